The van der Waals surface area contributed by atoms with Gasteiger partial charge in [-0.25, -0.2) is 4.39 Å². The van der Waals surface area contributed by atoms with Crippen LogP contribution in [-0.4, -0.2) is 36.3 Å². The molecule has 1 N–H and O–H groups in total. The number of likely N-dealkylation sites (tertiary alicyclic amines) is 1. The molecule has 4 nitrogen and oxygen atoms in total. The quantitative estimate of drug-likeness (QED) is 0.794. The van der Waals surface area contributed by atoms with Crippen molar-refractivity contribution in [3.8, 4) is 0 Å². The number of hydrogen-bond acceptors (Lipinski definition) is 2. The number of hydrogen-bond donors (Lipinski definition) is 1. The van der Waals surface area contributed by atoms with Crippen LogP contribution in [0.5, 0.6) is 0 Å². The molecule has 1 aromatic carbocycles. The molecule has 0 aromatic heterocycles. The van der Waals surface area contributed by atoms with Crippen LogP contribution in [0.25, 0.3) is 0 Å². The number of halogens is 2. The van der Waals surface area contributed by atoms with Gasteiger partial charge in [-0.3, -0.25) is 9.59 Å². The SMILES string of the molecule is O=C(Cc1cc(Br)ccc1F)NCCCN1CCCC1=O. The zero-order valence-electron chi connectivity index (χ0n) is 11.7. The van der Waals surface area contributed by atoms with Gasteiger partial charge in [0.05, 0.1) is 6.42 Å². The van der Waals surface area contributed by atoms with E-state index < -0.39 is 0 Å². The highest BCUT2D eigenvalue weighted by Crippen LogP contribution is 2.16. The van der Waals surface area contributed by atoms with Gasteiger partial charge < -0.3 is 10.2 Å². The fraction of sp³-hybridized carbons (Fsp3) is 0.467. The Labute approximate surface area is 131 Å². The van der Waals surface area contributed by atoms with Crippen molar-refractivity contribution in [2.75, 3.05) is 19.6 Å². The van der Waals surface area contributed by atoms with Crippen LogP contribution in [0.15, 0.2) is 22.7 Å². The molecule has 114 valence electrons. The number of carbonyl (C=O) groups is 2. The molecule has 1 saturated heterocycles. The van der Waals surface area contributed by atoms with Gasteiger partial charge in [0.15, 0.2) is 0 Å². The molecule has 0 aliphatic carbocycles. The molecule has 0 spiro atoms. The van der Waals surface area contributed by atoms with Crippen molar-refractivity contribution in [3.63, 3.8) is 0 Å². The monoisotopic (exact) mass is 356 g/mol. The third-order valence-corrected chi connectivity index (χ3v) is 3.95. The molecule has 0 saturated carbocycles. The van der Waals surface area contributed by atoms with Gasteiger partial charge in [0.25, 0.3) is 0 Å². The summed E-state index contributed by atoms with van der Waals surface area (Å²) in [5.41, 5.74) is 0.372. The van der Waals surface area contributed by atoms with E-state index in [0.717, 1.165) is 23.9 Å². The summed E-state index contributed by atoms with van der Waals surface area (Å²) in [5.74, 6) is -0.395. The molecule has 0 bridgehead atoms. The lowest BCUT2D eigenvalue weighted by atomic mass is 10.1. The Hall–Kier alpha value is -1.43. The Bertz CT molecular complexity index is 536. The average molecular weight is 357 g/mol. The van der Waals surface area contributed by atoms with Crippen LogP contribution in [0, 0.1) is 5.82 Å². The summed E-state index contributed by atoms with van der Waals surface area (Å²) >= 11 is 3.26. The molecule has 21 heavy (non-hydrogen) atoms. The Morgan fingerprint density at radius 3 is 2.95 bits per heavy atom. The molecule has 1 heterocycles. The van der Waals surface area contributed by atoms with Crippen LogP contribution in [0.4, 0.5) is 4.39 Å². The smallest absolute Gasteiger partial charge is 0.224 e. The fourth-order valence-electron chi connectivity index (χ4n) is 2.35. The van der Waals surface area contributed by atoms with E-state index in [2.05, 4.69) is 21.2 Å². The first kappa shape index (κ1) is 15.9. The van der Waals surface area contributed by atoms with E-state index in [1.807, 2.05) is 4.90 Å². The predicted molar refractivity (Wildman–Crippen MR) is 81.2 cm³/mol. The van der Waals surface area contributed by atoms with E-state index in [0.29, 0.717) is 25.1 Å². The molecule has 2 rings (SSSR count). The van der Waals surface area contributed by atoms with E-state index >= 15 is 0 Å². The second-order valence-corrected chi connectivity index (χ2v) is 6.02. The molecule has 1 aromatic rings. The Morgan fingerprint density at radius 1 is 1.43 bits per heavy atom. The maximum atomic E-state index is 13.5. The van der Waals surface area contributed by atoms with Crippen molar-refractivity contribution >= 4 is 27.7 Å². The fourth-order valence-corrected chi connectivity index (χ4v) is 2.76. The van der Waals surface area contributed by atoms with Gasteiger partial charge >= 0.3 is 0 Å². The second-order valence-electron chi connectivity index (χ2n) is 5.10. The first-order valence-electron chi connectivity index (χ1n) is 7.04. The lowest BCUT2D eigenvalue weighted by Crippen LogP contribution is -2.31. The number of nitrogens with zero attached hydrogens (tertiary/aromatic N) is 1. The van der Waals surface area contributed by atoms with Gasteiger partial charge in [-0.1, -0.05) is 15.9 Å². The lowest BCUT2D eigenvalue weighted by molar-refractivity contribution is -0.127. The molecule has 0 unspecified atom stereocenters. The number of rotatable bonds is 6. The minimum atomic E-state index is -0.379. The summed E-state index contributed by atoms with van der Waals surface area (Å²) in [6.45, 7) is 1.98. The van der Waals surface area contributed by atoms with Gasteiger partial charge in [-0.05, 0) is 36.6 Å². The van der Waals surface area contributed by atoms with Crippen molar-refractivity contribution in [3.05, 3.63) is 34.1 Å². The maximum absolute atomic E-state index is 13.5. The normalized spacial score (nSPS) is 14.6. The highest BCUT2D eigenvalue weighted by molar-refractivity contribution is 9.10. The Kier molecular flexibility index (Phi) is 5.73. The lowest BCUT2D eigenvalue weighted by Gasteiger charge is -2.15. The Morgan fingerprint density at radius 2 is 2.24 bits per heavy atom. The Balaban J connectivity index is 1.70. The number of amides is 2. The second kappa shape index (κ2) is 7.54. The summed E-state index contributed by atoms with van der Waals surface area (Å²) in [4.78, 5) is 25.0. The summed E-state index contributed by atoms with van der Waals surface area (Å²) in [5, 5.41) is 2.76. The molecule has 0 radical (unpaired) electrons. The summed E-state index contributed by atoms with van der Waals surface area (Å²) in [7, 11) is 0. The minimum Gasteiger partial charge on any atom is -0.356 e. The average Bonchev–Trinajstić information content (AvgIpc) is 2.84. The van der Waals surface area contributed by atoms with Gasteiger partial charge in [-0.2, -0.15) is 0 Å². The predicted octanol–water partition coefficient (Wildman–Crippen LogP) is 2.26. The van der Waals surface area contributed by atoms with Crippen molar-refractivity contribution in [2.45, 2.75) is 25.7 Å². The summed E-state index contributed by atoms with van der Waals surface area (Å²) in [6, 6.07) is 4.55. The number of benzene rings is 1. The number of carbonyl (C=O) groups excluding carboxylic acids is 2. The molecule has 0 atom stereocenters. The molecule has 6 heteroatoms. The molecule has 2 amide bonds. The van der Waals surface area contributed by atoms with Crippen LogP contribution in [-0.2, 0) is 16.0 Å². The van der Waals surface area contributed by atoms with Gasteiger partial charge in [0.1, 0.15) is 5.82 Å². The highest BCUT2D eigenvalue weighted by atomic mass is 79.9. The van der Waals surface area contributed by atoms with Crippen LogP contribution < -0.4 is 5.32 Å². The molecule has 1 aliphatic heterocycles. The van der Waals surface area contributed by atoms with Gasteiger partial charge in [0.2, 0.25) is 11.8 Å². The van der Waals surface area contributed by atoms with Crippen LogP contribution in [0.2, 0.25) is 0 Å². The molecular weight excluding hydrogens is 339 g/mol. The van der Waals surface area contributed by atoms with Crippen molar-refractivity contribution in [1.29, 1.82) is 0 Å². The van der Waals surface area contributed by atoms with Crippen LogP contribution in [0.3, 0.4) is 0 Å². The molecule has 1 aliphatic rings. The molecule has 1 fully saturated rings. The van der Waals surface area contributed by atoms with E-state index in [9.17, 15) is 14.0 Å². The zero-order chi connectivity index (χ0) is 15.2. The zero-order valence-corrected chi connectivity index (χ0v) is 13.3. The van der Waals surface area contributed by atoms with E-state index in [1.54, 1.807) is 12.1 Å². The molecular formula is C15H18BrFN2O2. The first-order valence-corrected chi connectivity index (χ1v) is 7.84. The summed E-state index contributed by atoms with van der Waals surface area (Å²) in [6.07, 6.45) is 2.30. The third-order valence-electron chi connectivity index (χ3n) is 3.46. The summed E-state index contributed by atoms with van der Waals surface area (Å²) < 4.78 is 14.3. The van der Waals surface area contributed by atoms with Gasteiger partial charge in [-0.15, -0.1) is 0 Å². The van der Waals surface area contributed by atoms with E-state index in [-0.39, 0.29) is 24.1 Å². The topological polar surface area (TPSA) is 49.4 Å². The van der Waals surface area contributed by atoms with Crippen LogP contribution in [0.1, 0.15) is 24.8 Å². The number of nitrogens with one attached hydrogen (secondary N) is 1. The van der Waals surface area contributed by atoms with Gasteiger partial charge in [0, 0.05) is 30.5 Å². The minimum absolute atomic E-state index is 0.0217. The van der Waals surface area contributed by atoms with Crippen LogP contribution >= 0.6 is 15.9 Å². The van der Waals surface area contributed by atoms with E-state index in [4.69, 9.17) is 0 Å². The van der Waals surface area contributed by atoms with Crippen molar-refractivity contribution in [1.82, 2.24) is 10.2 Å². The standard InChI is InChI=1S/C15H18BrFN2O2/c16-12-4-5-13(17)11(9-12)10-14(20)18-6-2-8-19-7-1-3-15(19)21/h4-5,9H,1-3,6-8,10H2,(H,18,20). The third kappa shape index (κ3) is 4.81. The van der Waals surface area contributed by atoms with Crippen molar-refractivity contribution < 1.29 is 14.0 Å². The van der Waals surface area contributed by atoms with E-state index in [1.165, 1.54) is 6.07 Å². The highest BCUT2D eigenvalue weighted by Gasteiger charge is 2.19. The maximum Gasteiger partial charge on any atom is 0.224 e. The first-order chi connectivity index (χ1) is 10.1. The largest absolute Gasteiger partial charge is 0.356 e. The van der Waals surface area contributed by atoms with Crippen molar-refractivity contribution in [2.24, 2.45) is 0 Å².